The highest BCUT2D eigenvalue weighted by Crippen LogP contribution is 2.38. The van der Waals surface area contributed by atoms with Crippen LogP contribution in [0.5, 0.6) is 0 Å². The molecule has 1 saturated carbocycles. The van der Waals surface area contributed by atoms with Crippen molar-refractivity contribution >= 4 is 46.8 Å². The highest BCUT2D eigenvalue weighted by atomic mass is 35.5. The molecule has 1 aromatic heterocycles. The third-order valence-corrected chi connectivity index (χ3v) is 5.62. The Hall–Kier alpha value is -2.84. The molecule has 32 heavy (non-hydrogen) atoms. The standard InChI is InChI=1S/C22H23Cl2N3O5/c1-12-7-17(13(2)27(12)15-4-5-15)19(28)11-32-21(30)10-25-20(29)9-26-22(31)16-6-3-14(23)8-18(16)24/h3,6-8,15H,4-5,9-11H2,1-2H3,(H,25,29)(H,26,31). The molecule has 0 radical (unpaired) electrons. The molecule has 0 unspecified atom stereocenters. The highest BCUT2D eigenvalue weighted by Gasteiger charge is 2.28. The minimum Gasteiger partial charge on any atom is -0.456 e. The quantitative estimate of drug-likeness (QED) is 0.424. The van der Waals surface area contributed by atoms with Crippen molar-refractivity contribution in [1.29, 1.82) is 0 Å². The summed E-state index contributed by atoms with van der Waals surface area (Å²) in [7, 11) is 0. The molecule has 2 amide bonds. The monoisotopic (exact) mass is 479 g/mol. The van der Waals surface area contributed by atoms with E-state index in [1.165, 1.54) is 18.2 Å². The van der Waals surface area contributed by atoms with Crippen LogP contribution in [0, 0.1) is 13.8 Å². The Morgan fingerprint density at radius 1 is 1.03 bits per heavy atom. The third-order valence-electron chi connectivity index (χ3n) is 5.08. The van der Waals surface area contributed by atoms with Gasteiger partial charge in [0.05, 0.1) is 17.1 Å². The van der Waals surface area contributed by atoms with Crippen LogP contribution in [0.4, 0.5) is 0 Å². The van der Waals surface area contributed by atoms with Gasteiger partial charge in [-0.3, -0.25) is 19.2 Å². The summed E-state index contributed by atoms with van der Waals surface area (Å²) in [6, 6.07) is 6.61. The molecule has 0 atom stereocenters. The fourth-order valence-electron chi connectivity index (χ4n) is 3.39. The molecule has 0 bridgehead atoms. The Bertz CT molecular complexity index is 1080. The van der Waals surface area contributed by atoms with Gasteiger partial charge in [0.1, 0.15) is 6.54 Å². The number of benzene rings is 1. The van der Waals surface area contributed by atoms with E-state index in [-0.39, 0.29) is 22.9 Å². The number of nitrogens with one attached hydrogen (secondary N) is 2. The number of carbonyl (C=O) groups is 4. The van der Waals surface area contributed by atoms with Gasteiger partial charge in [0, 0.05) is 28.0 Å². The average molecular weight is 480 g/mol. The van der Waals surface area contributed by atoms with Gasteiger partial charge in [0.15, 0.2) is 6.61 Å². The van der Waals surface area contributed by atoms with Crippen molar-refractivity contribution in [1.82, 2.24) is 15.2 Å². The summed E-state index contributed by atoms with van der Waals surface area (Å²) < 4.78 is 7.12. The highest BCUT2D eigenvalue weighted by molar-refractivity contribution is 6.36. The fraction of sp³-hybridized carbons (Fsp3) is 0.364. The maximum Gasteiger partial charge on any atom is 0.325 e. The van der Waals surface area contributed by atoms with Crippen molar-refractivity contribution in [3.05, 3.63) is 56.8 Å². The van der Waals surface area contributed by atoms with Crippen molar-refractivity contribution in [3.63, 3.8) is 0 Å². The van der Waals surface area contributed by atoms with Crippen molar-refractivity contribution in [2.24, 2.45) is 0 Å². The smallest absolute Gasteiger partial charge is 0.325 e. The minimum atomic E-state index is -0.755. The topological polar surface area (TPSA) is 106 Å². The van der Waals surface area contributed by atoms with Crippen molar-refractivity contribution in [3.8, 4) is 0 Å². The van der Waals surface area contributed by atoms with Crippen LogP contribution in [-0.2, 0) is 14.3 Å². The Labute approximate surface area is 195 Å². The van der Waals surface area contributed by atoms with Gasteiger partial charge in [-0.25, -0.2) is 0 Å². The van der Waals surface area contributed by atoms with Gasteiger partial charge in [0.2, 0.25) is 11.7 Å². The Morgan fingerprint density at radius 3 is 2.41 bits per heavy atom. The van der Waals surface area contributed by atoms with Gasteiger partial charge >= 0.3 is 5.97 Å². The molecule has 170 valence electrons. The van der Waals surface area contributed by atoms with Gasteiger partial charge in [-0.2, -0.15) is 0 Å². The molecule has 0 saturated heterocycles. The maximum absolute atomic E-state index is 12.4. The van der Waals surface area contributed by atoms with E-state index in [0.717, 1.165) is 24.2 Å². The molecular weight excluding hydrogens is 457 g/mol. The van der Waals surface area contributed by atoms with Gasteiger partial charge < -0.3 is 19.9 Å². The normalized spacial score (nSPS) is 12.9. The van der Waals surface area contributed by atoms with Crippen LogP contribution in [0.2, 0.25) is 10.0 Å². The molecule has 0 spiro atoms. The Morgan fingerprint density at radius 2 is 1.75 bits per heavy atom. The molecule has 1 heterocycles. The first kappa shape index (κ1) is 23.8. The van der Waals surface area contributed by atoms with Crippen LogP contribution in [0.15, 0.2) is 24.3 Å². The molecule has 2 aromatic rings. The predicted octanol–water partition coefficient (Wildman–Crippen LogP) is 3.02. The molecule has 8 nitrogen and oxygen atoms in total. The van der Waals surface area contributed by atoms with E-state index in [0.29, 0.717) is 16.6 Å². The number of nitrogens with zero attached hydrogens (tertiary/aromatic N) is 1. The lowest BCUT2D eigenvalue weighted by Gasteiger charge is -2.09. The number of aromatic nitrogens is 1. The van der Waals surface area contributed by atoms with Crippen LogP contribution in [0.25, 0.3) is 0 Å². The number of ether oxygens (including phenoxy) is 1. The number of esters is 1. The number of hydrogen-bond donors (Lipinski definition) is 2. The van der Waals surface area contributed by atoms with Gasteiger partial charge in [-0.1, -0.05) is 23.2 Å². The largest absolute Gasteiger partial charge is 0.456 e. The maximum atomic E-state index is 12.4. The van der Waals surface area contributed by atoms with Crippen LogP contribution in [-0.4, -0.2) is 47.8 Å². The minimum absolute atomic E-state index is 0.154. The van der Waals surface area contributed by atoms with E-state index in [9.17, 15) is 19.2 Å². The number of hydrogen-bond acceptors (Lipinski definition) is 5. The second kappa shape index (κ2) is 10.2. The summed E-state index contributed by atoms with van der Waals surface area (Å²) in [5.74, 6) is -2.20. The molecule has 10 heteroatoms. The van der Waals surface area contributed by atoms with E-state index in [1.807, 2.05) is 13.8 Å². The van der Waals surface area contributed by atoms with Gasteiger partial charge in [-0.05, 0) is 51.0 Å². The van der Waals surface area contributed by atoms with Gasteiger partial charge in [-0.15, -0.1) is 0 Å². The second-order valence-electron chi connectivity index (χ2n) is 7.55. The van der Waals surface area contributed by atoms with E-state index < -0.39 is 30.9 Å². The fourth-order valence-corrected chi connectivity index (χ4v) is 3.89. The van der Waals surface area contributed by atoms with Crippen molar-refractivity contribution in [2.45, 2.75) is 32.7 Å². The Kier molecular flexibility index (Phi) is 7.58. The summed E-state index contributed by atoms with van der Waals surface area (Å²) in [6.07, 6.45) is 2.21. The number of rotatable bonds is 9. The second-order valence-corrected chi connectivity index (χ2v) is 8.40. The SMILES string of the molecule is Cc1cc(C(=O)COC(=O)CNC(=O)CNC(=O)c2ccc(Cl)cc2Cl)c(C)n1C1CC1. The Balaban J connectivity index is 1.40. The number of Topliss-reactive ketones (excluding diaryl/α,β-unsaturated/α-hetero) is 1. The van der Waals surface area contributed by atoms with Crippen LogP contribution in [0.3, 0.4) is 0 Å². The zero-order valence-electron chi connectivity index (χ0n) is 17.7. The predicted molar refractivity (Wildman–Crippen MR) is 119 cm³/mol. The molecule has 1 aromatic carbocycles. The zero-order valence-corrected chi connectivity index (χ0v) is 19.2. The molecule has 2 N–H and O–H groups in total. The molecule has 1 fully saturated rings. The van der Waals surface area contributed by atoms with Crippen LogP contribution < -0.4 is 10.6 Å². The summed E-state index contributed by atoms with van der Waals surface area (Å²) in [5, 5.41) is 5.26. The van der Waals surface area contributed by atoms with Gasteiger partial charge in [0.25, 0.3) is 5.91 Å². The number of amides is 2. The summed E-state index contributed by atoms with van der Waals surface area (Å²) in [4.78, 5) is 48.3. The average Bonchev–Trinajstić information content (AvgIpc) is 3.52. The lowest BCUT2D eigenvalue weighted by Crippen LogP contribution is -2.39. The summed E-state index contributed by atoms with van der Waals surface area (Å²) >= 11 is 11.7. The van der Waals surface area contributed by atoms with E-state index in [4.69, 9.17) is 27.9 Å². The first-order chi connectivity index (χ1) is 15.2. The van der Waals surface area contributed by atoms with E-state index >= 15 is 0 Å². The van der Waals surface area contributed by atoms with Crippen molar-refractivity contribution < 1.29 is 23.9 Å². The van der Waals surface area contributed by atoms with Crippen molar-refractivity contribution in [2.75, 3.05) is 19.7 Å². The van der Waals surface area contributed by atoms with Crippen LogP contribution >= 0.6 is 23.2 Å². The third kappa shape index (κ3) is 5.89. The van der Waals surface area contributed by atoms with E-state index in [2.05, 4.69) is 15.2 Å². The molecule has 1 aliphatic carbocycles. The molecule has 1 aliphatic rings. The first-order valence-electron chi connectivity index (χ1n) is 10.0. The van der Waals surface area contributed by atoms with Crippen LogP contribution in [0.1, 0.15) is 51.0 Å². The molecule has 0 aliphatic heterocycles. The number of carbonyl (C=O) groups excluding carboxylic acids is 4. The van der Waals surface area contributed by atoms with E-state index in [1.54, 1.807) is 6.07 Å². The summed E-state index contributed by atoms with van der Waals surface area (Å²) in [5.41, 5.74) is 2.59. The number of ketones is 1. The first-order valence-corrected chi connectivity index (χ1v) is 10.8. The lowest BCUT2D eigenvalue weighted by molar-refractivity contribution is -0.142. The zero-order chi connectivity index (χ0) is 23.4. The number of halogens is 2. The summed E-state index contributed by atoms with van der Waals surface area (Å²) in [6.45, 7) is 2.63. The molecular formula is C22H23Cl2N3O5. The number of aryl methyl sites for hydroxylation is 1. The molecule has 3 rings (SSSR count). The lowest BCUT2D eigenvalue weighted by atomic mass is 10.1.